The lowest BCUT2D eigenvalue weighted by molar-refractivity contribution is 0.212. The van der Waals surface area contributed by atoms with E-state index in [0.29, 0.717) is 4.90 Å². The Kier molecular flexibility index (Phi) is 7.79. The molecule has 0 saturated carbocycles. The average molecular weight is 311 g/mol. The van der Waals surface area contributed by atoms with E-state index < -0.39 is 28.1 Å². The molecule has 0 saturated heterocycles. The van der Waals surface area contributed by atoms with Gasteiger partial charge < -0.3 is 5.32 Å². The Morgan fingerprint density at radius 2 is 1.84 bits per heavy atom. The lowest BCUT2D eigenvalue weighted by atomic mass is 10.3. The molecule has 0 aromatic heterocycles. The molecule has 1 atom stereocenters. The van der Waals surface area contributed by atoms with Crippen LogP contribution in [0.25, 0.3) is 0 Å². The second-order valence-electron chi connectivity index (χ2n) is 3.08. The topological polar surface area (TPSA) is 102 Å². The monoisotopic (exact) mass is 311 g/mol. The molecule has 0 aliphatic heterocycles. The standard InChI is InChI=1S/C9H13NO6S2.CH4/c1-10-8-2-4-9(5-3-8)17(11)15-6-7-16-18(12,13)14;/h2-5,10H,6-7H2,1H3,(H,12,13,14);1H4. The molecule has 2 N–H and O–H groups in total. The van der Waals surface area contributed by atoms with Crippen molar-refractivity contribution in [3.05, 3.63) is 24.3 Å². The Bertz CT molecular complexity index is 499. The quantitative estimate of drug-likeness (QED) is 0.576. The van der Waals surface area contributed by atoms with Crippen LogP contribution in [0.1, 0.15) is 7.43 Å². The van der Waals surface area contributed by atoms with Gasteiger partial charge in [-0.05, 0) is 24.3 Å². The number of anilines is 1. The summed E-state index contributed by atoms with van der Waals surface area (Å²) in [4.78, 5) is 0.445. The molecular formula is C10H17NO6S2. The zero-order valence-corrected chi connectivity index (χ0v) is 11.2. The minimum absolute atomic E-state index is 0. The van der Waals surface area contributed by atoms with Crippen molar-refractivity contribution in [1.29, 1.82) is 0 Å². The lowest BCUT2D eigenvalue weighted by Gasteiger charge is -2.04. The first-order valence-electron chi connectivity index (χ1n) is 4.87. The van der Waals surface area contributed by atoms with Gasteiger partial charge in [-0.25, -0.2) is 8.39 Å². The summed E-state index contributed by atoms with van der Waals surface area (Å²) in [5.74, 6) is 0. The van der Waals surface area contributed by atoms with Gasteiger partial charge in [0.25, 0.3) is 0 Å². The van der Waals surface area contributed by atoms with Gasteiger partial charge in [-0.1, -0.05) is 7.43 Å². The van der Waals surface area contributed by atoms with Crippen molar-refractivity contribution in [2.45, 2.75) is 12.3 Å². The predicted octanol–water partition coefficient (Wildman–Crippen LogP) is 1.22. The van der Waals surface area contributed by atoms with E-state index in [1.165, 1.54) is 0 Å². The van der Waals surface area contributed by atoms with Crippen LogP contribution in [0.2, 0.25) is 0 Å². The highest BCUT2D eigenvalue weighted by molar-refractivity contribution is 7.81. The molecule has 7 nitrogen and oxygen atoms in total. The largest absolute Gasteiger partial charge is 0.397 e. The van der Waals surface area contributed by atoms with Crippen LogP contribution in [0.4, 0.5) is 5.69 Å². The van der Waals surface area contributed by atoms with Crippen LogP contribution in [0, 0.1) is 0 Å². The normalized spacial score (nSPS) is 12.5. The minimum Gasteiger partial charge on any atom is -0.388 e. The van der Waals surface area contributed by atoms with Crippen molar-refractivity contribution in [2.75, 3.05) is 25.6 Å². The van der Waals surface area contributed by atoms with Crippen molar-refractivity contribution in [3.63, 3.8) is 0 Å². The Morgan fingerprint density at radius 3 is 2.32 bits per heavy atom. The van der Waals surface area contributed by atoms with Gasteiger partial charge in [0.05, 0.1) is 18.1 Å². The number of nitrogens with one attached hydrogen (secondary N) is 1. The first-order valence-corrected chi connectivity index (χ1v) is 7.31. The van der Waals surface area contributed by atoms with E-state index >= 15 is 0 Å². The third-order valence-corrected chi connectivity index (χ3v) is 3.34. The van der Waals surface area contributed by atoms with Crippen molar-refractivity contribution in [1.82, 2.24) is 0 Å². The molecule has 0 amide bonds. The molecule has 0 radical (unpaired) electrons. The predicted molar refractivity (Wildman–Crippen MR) is 72.6 cm³/mol. The van der Waals surface area contributed by atoms with E-state index in [9.17, 15) is 12.6 Å². The highest BCUT2D eigenvalue weighted by Gasteiger charge is 2.07. The Labute approximate surface area is 115 Å². The molecule has 1 unspecified atom stereocenters. The summed E-state index contributed by atoms with van der Waals surface area (Å²) in [6.07, 6.45) is 0. The third-order valence-electron chi connectivity index (χ3n) is 1.84. The fourth-order valence-electron chi connectivity index (χ4n) is 1.05. The summed E-state index contributed by atoms with van der Waals surface area (Å²) in [5.41, 5.74) is 0.866. The molecule has 0 heterocycles. The maximum Gasteiger partial charge on any atom is 0.397 e. The van der Waals surface area contributed by atoms with Crippen LogP contribution in [0.15, 0.2) is 29.2 Å². The molecule has 1 aromatic carbocycles. The van der Waals surface area contributed by atoms with E-state index in [-0.39, 0.29) is 14.0 Å². The third kappa shape index (κ3) is 7.23. The minimum atomic E-state index is -4.48. The number of hydrogen-bond acceptors (Lipinski definition) is 6. The molecule has 1 rings (SSSR count). The van der Waals surface area contributed by atoms with Crippen LogP contribution in [0.3, 0.4) is 0 Å². The summed E-state index contributed by atoms with van der Waals surface area (Å²) in [7, 11) is -2.72. The number of benzene rings is 1. The zero-order valence-electron chi connectivity index (χ0n) is 9.53. The lowest BCUT2D eigenvalue weighted by Crippen LogP contribution is -2.11. The van der Waals surface area contributed by atoms with Crippen molar-refractivity contribution in [3.8, 4) is 0 Å². The fourth-order valence-corrected chi connectivity index (χ4v) is 2.04. The van der Waals surface area contributed by atoms with Gasteiger partial charge in [-0.15, -0.1) is 0 Å². The van der Waals surface area contributed by atoms with Gasteiger partial charge >= 0.3 is 10.4 Å². The van der Waals surface area contributed by atoms with Crippen LogP contribution in [-0.2, 0) is 29.8 Å². The van der Waals surface area contributed by atoms with Gasteiger partial charge in [0.15, 0.2) is 11.1 Å². The van der Waals surface area contributed by atoms with E-state index in [0.717, 1.165) is 5.69 Å². The zero-order chi connectivity index (χ0) is 13.6. The van der Waals surface area contributed by atoms with E-state index in [1.54, 1.807) is 31.3 Å². The second kappa shape index (κ2) is 8.23. The highest BCUT2D eigenvalue weighted by atomic mass is 32.3. The first kappa shape index (κ1) is 18.0. The molecule has 0 bridgehead atoms. The van der Waals surface area contributed by atoms with Gasteiger partial charge in [-0.3, -0.25) is 8.74 Å². The number of rotatable bonds is 7. The summed E-state index contributed by atoms with van der Waals surface area (Å²) < 4.78 is 49.1. The summed E-state index contributed by atoms with van der Waals surface area (Å²) in [6.45, 7) is -0.626. The van der Waals surface area contributed by atoms with Gasteiger partial charge in [0.2, 0.25) is 0 Å². The van der Waals surface area contributed by atoms with Crippen molar-refractivity contribution >= 4 is 27.2 Å². The fraction of sp³-hybridized carbons (Fsp3) is 0.400. The molecule has 19 heavy (non-hydrogen) atoms. The van der Waals surface area contributed by atoms with Gasteiger partial charge in [0.1, 0.15) is 0 Å². The van der Waals surface area contributed by atoms with Crippen LogP contribution < -0.4 is 5.32 Å². The Balaban J connectivity index is 0.00000324. The summed E-state index contributed by atoms with van der Waals surface area (Å²) in [5, 5.41) is 2.91. The summed E-state index contributed by atoms with van der Waals surface area (Å²) >= 11 is -1.71. The molecule has 9 heteroatoms. The molecule has 0 fully saturated rings. The SMILES string of the molecule is C.CNc1ccc(S(=O)OCCOS(=O)(=O)O)cc1. The smallest absolute Gasteiger partial charge is 0.388 e. The van der Waals surface area contributed by atoms with Gasteiger partial charge in [-0.2, -0.15) is 8.42 Å². The maximum absolute atomic E-state index is 11.6. The first-order chi connectivity index (χ1) is 8.42. The van der Waals surface area contributed by atoms with E-state index in [4.69, 9.17) is 8.74 Å². The van der Waals surface area contributed by atoms with E-state index in [2.05, 4.69) is 9.50 Å². The molecule has 0 spiro atoms. The van der Waals surface area contributed by atoms with Crippen molar-refractivity contribution < 1.29 is 25.5 Å². The molecule has 0 aliphatic rings. The second-order valence-corrected chi connectivity index (χ2v) is 5.35. The molecule has 0 aliphatic carbocycles. The Morgan fingerprint density at radius 1 is 1.26 bits per heavy atom. The molecule has 1 aromatic rings. The molecule has 110 valence electrons. The van der Waals surface area contributed by atoms with Crippen LogP contribution in [0.5, 0.6) is 0 Å². The van der Waals surface area contributed by atoms with E-state index in [1.807, 2.05) is 0 Å². The van der Waals surface area contributed by atoms with Gasteiger partial charge in [0, 0.05) is 12.7 Å². The van der Waals surface area contributed by atoms with Crippen molar-refractivity contribution in [2.24, 2.45) is 0 Å². The van der Waals surface area contributed by atoms with Crippen LogP contribution >= 0.6 is 0 Å². The highest BCUT2D eigenvalue weighted by Crippen LogP contribution is 2.12. The average Bonchev–Trinajstić information content (AvgIpc) is 2.33. The molecular weight excluding hydrogens is 294 g/mol. The Hall–Kier alpha value is -1.00. The van der Waals surface area contributed by atoms with Crippen LogP contribution in [-0.4, -0.2) is 37.4 Å². The summed E-state index contributed by atoms with van der Waals surface area (Å²) in [6, 6.07) is 6.69. The number of hydrogen-bond donors (Lipinski definition) is 2. The maximum atomic E-state index is 11.6.